The fourth-order valence-corrected chi connectivity index (χ4v) is 2.45. The standard InChI is InChI=1S/C12H16FN5S/c1-18(8-9-2-4-10(13)5-3-9)6-7-19-12-15-11(14)16-17-12/h2-5H,6-8H2,1H3,(H3,14,15,16,17). The van der Waals surface area contributed by atoms with E-state index in [0.29, 0.717) is 11.1 Å². The third-order valence-electron chi connectivity index (χ3n) is 2.55. The quantitative estimate of drug-likeness (QED) is 0.789. The van der Waals surface area contributed by atoms with E-state index < -0.39 is 0 Å². The number of nitrogen functional groups attached to an aromatic ring is 1. The Morgan fingerprint density at radius 1 is 1.37 bits per heavy atom. The van der Waals surface area contributed by atoms with Crippen LogP contribution in [0.2, 0.25) is 0 Å². The number of halogens is 1. The highest BCUT2D eigenvalue weighted by Gasteiger charge is 2.04. The summed E-state index contributed by atoms with van der Waals surface area (Å²) in [6.07, 6.45) is 0. The van der Waals surface area contributed by atoms with Gasteiger partial charge in [0.25, 0.3) is 0 Å². The van der Waals surface area contributed by atoms with Gasteiger partial charge in [0.1, 0.15) is 5.82 Å². The molecule has 0 radical (unpaired) electrons. The molecular weight excluding hydrogens is 265 g/mol. The Morgan fingerprint density at radius 3 is 2.74 bits per heavy atom. The minimum atomic E-state index is -0.204. The Kier molecular flexibility index (Phi) is 4.75. The summed E-state index contributed by atoms with van der Waals surface area (Å²) in [5.74, 6) is 1.00. The molecule has 5 nitrogen and oxygen atoms in total. The molecule has 7 heteroatoms. The third kappa shape index (κ3) is 4.53. The van der Waals surface area contributed by atoms with Crippen LogP contribution in [0.15, 0.2) is 29.4 Å². The topological polar surface area (TPSA) is 70.8 Å². The number of thioether (sulfide) groups is 1. The molecule has 0 aliphatic rings. The van der Waals surface area contributed by atoms with Gasteiger partial charge in [0.15, 0.2) is 0 Å². The maximum atomic E-state index is 12.8. The average molecular weight is 281 g/mol. The molecule has 0 atom stereocenters. The molecule has 1 aromatic heterocycles. The molecule has 0 unspecified atom stereocenters. The Balaban J connectivity index is 1.72. The van der Waals surface area contributed by atoms with Gasteiger partial charge in [-0.15, -0.1) is 5.10 Å². The number of nitrogens with two attached hydrogens (primary N) is 1. The van der Waals surface area contributed by atoms with E-state index in [-0.39, 0.29) is 5.82 Å². The van der Waals surface area contributed by atoms with Crippen molar-refractivity contribution in [1.29, 1.82) is 0 Å². The molecule has 102 valence electrons. The Morgan fingerprint density at radius 2 is 2.11 bits per heavy atom. The van der Waals surface area contributed by atoms with Gasteiger partial charge in [0.2, 0.25) is 11.1 Å². The number of anilines is 1. The van der Waals surface area contributed by atoms with Crippen molar-refractivity contribution in [2.75, 3.05) is 25.1 Å². The molecule has 2 rings (SSSR count). The maximum Gasteiger partial charge on any atom is 0.216 e. The van der Waals surface area contributed by atoms with Crippen LogP contribution in [0.25, 0.3) is 0 Å². The zero-order valence-electron chi connectivity index (χ0n) is 10.6. The number of H-pyrrole nitrogens is 1. The molecule has 19 heavy (non-hydrogen) atoms. The first-order valence-electron chi connectivity index (χ1n) is 5.87. The van der Waals surface area contributed by atoms with Gasteiger partial charge in [-0.25, -0.2) is 9.49 Å². The third-order valence-corrected chi connectivity index (χ3v) is 3.38. The Labute approximate surface area is 115 Å². The van der Waals surface area contributed by atoms with Crippen LogP contribution in [-0.2, 0) is 6.54 Å². The van der Waals surface area contributed by atoms with E-state index in [1.807, 2.05) is 7.05 Å². The van der Waals surface area contributed by atoms with E-state index in [1.165, 1.54) is 12.1 Å². The van der Waals surface area contributed by atoms with E-state index in [2.05, 4.69) is 20.1 Å². The van der Waals surface area contributed by atoms with Crippen molar-refractivity contribution < 1.29 is 4.39 Å². The SMILES string of the molecule is CN(CCSc1n[nH]c(N)n1)Cc1ccc(F)cc1. The lowest BCUT2D eigenvalue weighted by atomic mass is 10.2. The lowest BCUT2D eigenvalue weighted by molar-refractivity contribution is 0.348. The normalized spacial score (nSPS) is 11.1. The first-order chi connectivity index (χ1) is 9.13. The predicted molar refractivity (Wildman–Crippen MR) is 74.3 cm³/mol. The van der Waals surface area contributed by atoms with Crippen molar-refractivity contribution in [3.63, 3.8) is 0 Å². The summed E-state index contributed by atoms with van der Waals surface area (Å²) < 4.78 is 12.8. The summed E-state index contributed by atoms with van der Waals surface area (Å²) in [5, 5.41) is 7.21. The second-order valence-electron chi connectivity index (χ2n) is 4.22. The Bertz CT molecular complexity index is 513. The van der Waals surface area contributed by atoms with Crippen molar-refractivity contribution in [2.45, 2.75) is 11.7 Å². The van der Waals surface area contributed by atoms with Crippen molar-refractivity contribution >= 4 is 17.7 Å². The van der Waals surface area contributed by atoms with Crippen LogP contribution < -0.4 is 5.73 Å². The summed E-state index contributed by atoms with van der Waals surface area (Å²) in [6, 6.07) is 6.56. The molecule has 3 N–H and O–H groups in total. The van der Waals surface area contributed by atoms with Gasteiger partial charge in [0, 0.05) is 18.8 Å². The van der Waals surface area contributed by atoms with E-state index in [0.717, 1.165) is 24.4 Å². The molecule has 0 fully saturated rings. The van der Waals surface area contributed by atoms with Crippen molar-refractivity contribution in [1.82, 2.24) is 20.1 Å². The Hall–Kier alpha value is -1.60. The molecule has 1 aromatic carbocycles. The van der Waals surface area contributed by atoms with E-state index in [1.54, 1.807) is 23.9 Å². The van der Waals surface area contributed by atoms with Gasteiger partial charge in [-0.1, -0.05) is 23.9 Å². The molecule has 0 spiro atoms. The second kappa shape index (κ2) is 6.53. The molecule has 1 heterocycles. The van der Waals surface area contributed by atoms with E-state index in [4.69, 9.17) is 5.73 Å². The van der Waals surface area contributed by atoms with Gasteiger partial charge >= 0.3 is 0 Å². The number of rotatable bonds is 6. The molecule has 0 bridgehead atoms. The number of benzene rings is 1. The molecule has 0 amide bonds. The lowest BCUT2D eigenvalue weighted by Crippen LogP contribution is -2.20. The highest BCUT2D eigenvalue weighted by atomic mass is 32.2. The molecule has 0 aliphatic carbocycles. The molecule has 2 aromatic rings. The van der Waals surface area contributed by atoms with E-state index in [9.17, 15) is 4.39 Å². The number of hydrogen-bond acceptors (Lipinski definition) is 5. The fraction of sp³-hybridized carbons (Fsp3) is 0.333. The van der Waals surface area contributed by atoms with Crippen LogP contribution >= 0.6 is 11.8 Å². The van der Waals surface area contributed by atoms with Crippen LogP contribution in [0.1, 0.15) is 5.56 Å². The molecule has 0 saturated carbocycles. The number of nitrogens with one attached hydrogen (secondary N) is 1. The fourth-order valence-electron chi connectivity index (χ4n) is 1.60. The largest absolute Gasteiger partial charge is 0.368 e. The number of aromatic amines is 1. The van der Waals surface area contributed by atoms with Gasteiger partial charge < -0.3 is 10.6 Å². The van der Waals surface area contributed by atoms with Gasteiger partial charge in [-0.05, 0) is 24.7 Å². The summed E-state index contributed by atoms with van der Waals surface area (Å²) in [7, 11) is 2.02. The molecule has 0 aliphatic heterocycles. The predicted octanol–water partition coefficient (Wildman–Crippen LogP) is 1.75. The van der Waals surface area contributed by atoms with Crippen LogP contribution in [0.3, 0.4) is 0 Å². The maximum absolute atomic E-state index is 12.8. The first-order valence-corrected chi connectivity index (χ1v) is 6.86. The smallest absolute Gasteiger partial charge is 0.216 e. The average Bonchev–Trinajstić information content (AvgIpc) is 2.78. The summed E-state index contributed by atoms with van der Waals surface area (Å²) in [5.41, 5.74) is 6.53. The second-order valence-corrected chi connectivity index (χ2v) is 5.28. The van der Waals surface area contributed by atoms with Crippen LogP contribution in [-0.4, -0.2) is 39.4 Å². The highest BCUT2D eigenvalue weighted by Crippen LogP contribution is 2.13. The molecular formula is C12H16FN5S. The van der Waals surface area contributed by atoms with Crippen molar-refractivity contribution in [3.8, 4) is 0 Å². The summed E-state index contributed by atoms with van der Waals surface area (Å²) in [4.78, 5) is 6.18. The van der Waals surface area contributed by atoms with Crippen molar-refractivity contribution in [2.24, 2.45) is 0 Å². The summed E-state index contributed by atoms with van der Waals surface area (Å²) >= 11 is 1.55. The lowest BCUT2D eigenvalue weighted by Gasteiger charge is -2.15. The summed E-state index contributed by atoms with van der Waals surface area (Å²) in [6.45, 7) is 1.67. The van der Waals surface area contributed by atoms with Gasteiger partial charge in [-0.2, -0.15) is 4.98 Å². The van der Waals surface area contributed by atoms with Crippen LogP contribution in [0.4, 0.5) is 10.3 Å². The zero-order valence-corrected chi connectivity index (χ0v) is 11.5. The van der Waals surface area contributed by atoms with Crippen LogP contribution in [0.5, 0.6) is 0 Å². The van der Waals surface area contributed by atoms with Gasteiger partial charge in [-0.3, -0.25) is 0 Å². The van der Waals surface area contributed by atoms with E-state index >= 15 is 0 Å². The van der Waals surface area contributed by atoms with Gasteiger partial charge in [0.05, 0.1) is 0 Å². The minimum absolute atomic E-state index is 0.204. The number of aromatic nitrogens is 3. The first kappa shape index (κ1) is 13.8. The zero-order chi connectivity index (χ0) is 13.7. The van der Waals surface area contributed by atoms with Crippen LogP contribution in [0, 0.1) is 5.82 Å². The highest BCUT2D eigenvalue weighted by molar-refractivity contribution is 7.99. The molecule has 0 saturated heterocycles. The van der Waals surface area contributed by atoms with Crippen molar-refractivity contribution in [3.05, 3.63) is 35.6 Å². The monoisotopic (exact) mass is 281 g/mol. The number of nitrogens with zero attached hydrogens (tertiary/aromatic N) is 3. The number of hydrogen-bond donors (Lipinski definition) is 2. The minimum Gasteiger partial charge on any atom is -0.368 e.